The lowest BCUT2D eigenvalue weighted by Gasteiger charge is -2.17. The Balaban J connectivity index is 2.53. The summed E-state index contributed by atoms with van der Waals surface area (Å²) in [5.41, 5.74) is 4.90. The fourth-order valence-corrected chi connectivity index (χ4v) is 1.50. The average molecular weight is 258 g/mol. The first kappa shape index (κ1) is 12.9. The second kappa shape index (κ2) is 3.98. The molecule has 1 atom stereocenters. The van der Waals surface area contributed by atoms with Gasteiger partial charge in [-0.3, -0.25) is 0 Å². The molecule has 1 heterocycles. The molecule has 0 aliphatic carbocycles. The third-order valence-corrected chi connectivity index (χ3v) is 2.94. The van der Waals surface area contributed by atoms with E-state index in [1.165, 1.54) is 6.07 Å². The van der Waals surface area contributed by atoms with E-state index in [9.17, 15) is 13.2 Å². The number of fused-ring (bicyclic) bond motifs is 1. The summed E-state index contributed by atoms with van der Waals surface area (Å²) < 4.78 is 43.0. The summed E-state index contributed by atoms with van der Waals surface area (Å²) in [6, 6.07) is 3.20. The number of nitrogens with two attached hydrogens (primary N) is 1. The van der Waals surface area contributed by atoms with Gasteiger partial charge in [0, 0.05) is 0 Å². The van der Waals surface area contributed by atoms with Crippen LogP contribution in [0.1, 0.15) is 31.7 Å². The number of rotatable bonds is 2. The fraction of sp³-hybridized carbons (Fsp3) is 0.417. The molecule has 1 aromatic heterocycles. The number of halogens is 3. The van der Waals surface area contributed by atoms with Gasteiger partial charge in [0.1, 0.15) is 5.52 Å². The van der Waals surface area contributed by atoms with E-state index >= 15 is 0 Å². The van der Waals surface area contributed by atoms with E-state index in [2.05, 4.69) is 4.98 Å². The Bertz CT molecular complexity index is 572. The molecule has 0 aliphatic rings. The zero-order valence-corrected chi connectivity index (χ0v) is 10.0. The van der Waals surface area contributed by atoms with Crippen molar-refractivity contribution in [3.63, 3.8) is 0 Å². The van der Waals surface area contributed by atoms with Gasteiger partial charge >= 0.3 is 6.18 Å². The van der Waals surface area contributed by atoms with Gasteiger partial charge in [-0.1, -0.05) is 6.92 Å². The summed E-state index contributed by atoms with van der Waals surface area (Å²) in [6.07, 6.45) is -3.81. The highest BCUT2D eigenvalue weighted by atomic mass is 19.4. The lowest BCUT2D eigenvalue weighted by Crippen LogP contribution is -2.32. The molecule has 0 saturated heterocycles. The van der Waals surface area contributed by atoms with Gasteiger partial charge in [-0.2, -0.15) is 13.2 Å². The van der Waals surface area contributed by atoms with Crippen LogP contribution in [-0.2, 0) is 11.7 Å². The SMILES string of the molecule is CCC(C)(N)c1nc2cc(C(F)(F)F)ccc2o1. The Morgan fingerprint density at radius 3 is 2.56 bits per heavy atom. The molecule has 3 nitrogen and oxygen atoms in total. The van der Waals surface area contributed by atoms with Gasteiger partial charge in [0.15, 0.2) is 5.58 Å². The Kier molecular flexibility index (Phi) is 2.85. The van der Waals surface area contributed by atoms with Crippen molar-refractivity contribution in [1.82, 2.24) is 4.98 Å². The second-order valence-corrected chi connectivity index (χ2v) is 4.47. The minimum atomic E-state index is -4.38. The van der Waals surface area contributed by atoms with E-state index in [4.69, 9.17) is 10.2 Å². The molecule has 0 amide bonds. The predicted octanol–water partition coefficient (Wildman–Crippen LogP) is 3.43. The van der Waals surface area contributed by atoms with E-state index in [0.29, 0.717) is 12.0 Å². The summed E-state index contributed by atoms with van der Waals surface area (Å²) in [7, 11) is 0. The molecule has 0 saturated carbocycles. The lowest BCUT2D eigenvalue weighted by atomic mass is 10.0. The summed E-state index contributed by atoms with van der Waals surface area (Å²) in [4.78, 5) is 4.04. The minimum absolute atomic E-state index is 0.171. The summed E-state index contributed by atoms with van der Waals surface area (Å²) in [5, 5.41) is 0. The Labute approximate surface area is 102 Å². The Morgan fingerprint density at radius 1 is 1.33 bits per heavy atom. The van der Waals surface area contributed by atoms with Gasteiger partial charge in [0.2, 0.25) is 5.89 Å². The van der Waals surface area contributed by atoms with Crippen LogP contribution in [0.4, 0.5) is 13.2 Å². The molecular formula is C12H13F3N2O. The summed E-state index contributed by atoms with van der Waals surface area (Å²) in [5.74, 6) is 0.249. The van der Waals surface area contributed by atoms with Crippen molar-refractivity contribution in [1.29, 1.82) is 0 Å². The number of hydrogen-bond donors (Lipinski definition) is 1. The maximum absolute atomic E-state index is 12.5. The monoisotopic (exact) mass is 258 g/mol. The maximum Gasteiger partial charge on any atom is 0.416 e. The van der Waals surface area contributed by atoms with Crippen molar-refractivity contribution in [3.8, 4) is 0 Å². The van der Waals surface area contributed by atoms with Crippen molar-refractivity contribution < 1.29 is 17.6 Å². The number of hydrogen-bond acceptors (Lipinski definition) is 3. The highest BCUT2D eigenvalue weighted by Crippen LogP contribution is 2.32. The molecule has 98 valence electrons. The molecule has 6 heteroatoms. The highest BCUT2D eigenvalue weighted by Gasteiger charge is 2.32. The quantitative estimate of drug-likeness (QED) is 0.897. The number of nitrogens with zero attached hydrogens (tertiary/aromatic N) is 1. The molecule has 0 aliphatic heterocycles. The molecule has 0 bridgehead atoms. The molecule has 2 rings (SSSR count). The van der Waals surface area contributed by atoms with Gasteiger partial charge in [-0.25, -0.2) is 4.98 Å². The third kappa shape index (κ3) is 2.20. The van der Waals surface area contributed by atoms with Crippen molar-refractivity contribution >= 4 is 11.1 Å². The zero-order valence-electron chi connectivity index (χ0n) is 10.0. The minimum Gasteiger partial charge on any atom is -0.439 e. The topological polar surface area (TPSA) is 52.0 Å². The van der Waals surface area contributed by atoms with E-state index in [-0.39, 0.29) is 11.4 Å². The van der Waals surface area contributed by atoms with Crippen LogP contribution in [0.3, 0.4) is 0 Å². The van der Waals surface area contributed by atoms with Crippen LogP contribution < -0.4 is 5.73 Å². The molecule has 18 heavy (non-hydrogen) atoms. The molecule has 0 fully saturated rings. The van der Waals surface area contributed by atoms with Crippen LogP contribution in [-0.4, -0.2) is 4.98 Å². The smallest absolute Gasteiger partial charge is 0.416 e. The van der Waals surface area contributed by atoms with Gasteiger partial charge < -0.3 is 10.2 Å². The molecule has 1 aromatic carbocycles. The number of aromatic nitrogens is 1. The van der Waals surface area contributed by atoms with E-state index in [1.54, 1.807) is 6.92 Å². The first-order valence-corrected chi connectivity index (χ1v) is 5.51. The van der Waals surface area contributed by atoms with Crippen molar-refractivity contribution in [2.24, 2.45) is 5.73 Å². The van der Waals surface area contributed by atoms with Gasteiger partial charge in [-0.05, 0) is 31.5 Å². The van der Waals surface area contributed by atoms with E-state index in [0.717, 1.165) is 12.1 Å². The normalized spacial score (nSPS) is 15.9. The van der Waals surface area contributed by atoms with Gasteiger partial charge in [0.25, 0.3) is 0 Å². The lowest BCUT2D eigenvalue weighted by molar-refractivity contribution is -0.137. The molecule has 2 aromatic rings. The zero-order chi connectivity index (χ0) is 13.6. The molecule has 2 N–H and O–H groups in total. The first-order valence-electron chi connectivity index (χ1n) is 5.51. The highest BCUT2D eigenvalue weighted by molar-refractivity contribution is 5.73. The standard InChI is InChI=1S/C12H13F3N2O/c1-3-11(2,16)10-17-8-6-7(12(13,14)15)4-5-9(8)18-10/h4-6H,3,16H2,1-2H3. The van der Waals surface area contributed by atoms with Gasteiger partial charge in [0.05, 0.1) is 11.1 Å². The van der Waals surface area contributed by atoms with Crippen LogP contribution in [0.15, 0.2) is 22.6 Å². The largest absolute Gasteiger partial charge is 0.439 e. The van der Waals surface area contributed by atoms with Crippen LogP contribution >= 0.6 is 0 Å². The van der Waals surface area contributed by atoms with Crippen LogP contribution in [0.5, 0.6) is 0 Å². The van der Waals surface area contributed by atoms with Crippen LogP contribution in [0.25, 0.3) is 11.1 Å². The number of oxazole rings is 1. The van der Waals surface area contributed by atoms with Gasteiger partial charge in [-0.15, -0.1) is 0 Å². The van der Waals surface area contributed by atoms with Crippen LogP contribution in [0.2, 0.25) is 0 Å². The van der Waals surface area contributed by atoms with Crippen LogP contribution in [0, 0.1) is 0 Å². The molecule has 0 spiro atoms. The summed E-state index contributed by atoms with van der Waals surface area (Å²) >= 11 is 0. The molecule has 0 radical (unpaired) electrons. The van der Waals surface area contributed by atoms with E-state index in [1.807, 2.05) is 6.92 Å². The first-order chi connectivity index (χ1) is 8.24. The molecule has 1 unspecified atom stereocenters. The molecular weight excluding hydrogens is 245 g/mol. The van der Waals surface area contributed by atoms with Crippen molar-refractivity contribution in [2.45, 2.75) is 32.0 Å². The average Bonchev–Trinajstić information content (AvgIpc) is 2.71. The van der Waals surface area contributed by atoms with Crippen molar-refractivity contribution in [3.05, 3.63) is 29.7 Å². The Hall–Kier alpha value is -1.56. The fourth-order valence-electron chi connectivity index (χ4n) is 1.50. The second-order valence-electron chi connectivity index (χ2n) is 4.47. The predicted molar refractivity (Wildman–Crippen MR) is 60.8 cm³/mol. The number of benzene rings is 1. The van der Waals surface area contributed by atoms with Crippen molar-refractivity contribution in [2.75, 3.05) is 0 Å². The summed E-state index contributed by atoms with van der Waals surface area (Å²) in [6.45, 7) is 3.58. The number of alkyl halides is 3. The maximum atomic E-state index is 12.5. The third-order valence-electron chi connectivity index (χ3n) is 2.94. The Morgan fingerprint density at radius 2 is 2.00 bits per heavy atom. The van der Waals surface area contributed by atoms with E-state index < -0.39 is 17.3 Å².